The van der Waals surface area contributed by atoms with Gasteiger partial charge in [-0.15, -0.1) is 0 Å². The first-order chi connectivity index (χ1) is 9.45. The molecule has 3 rings (SSSR count). The van der Waals surface area contributed by atoms with E-state index in [4.69, 9.17) is 11.5 Å². The molecule has 0 fully saturated rings. The minimum absolute atomic E-state index is 0.128. The highest BCUT2D eigenvalue weighted by atomic mass is 79.9. The summed E-state index contributed by atoms with van der Waals surface area (Å²) >= 11 is 6.60. The van der Waals surface area contributed by atoms with E-state index >= 15 is 0 Å². The summed E-state index contributed by atoms with van der Waals surface area (Å²) in [5, 5.41) is 0. The van der Waals surface area contributed by atoms with Crippen molar-refractivity contribution in [3.05, 3.63) is 55.5 Å². The maximum absolute atomic E-state index is 12.6. The van der Waals surface area contributed by atoms with E-state index < -0.39 is 0 Å². The zero-order valence-electron chi connectivity index (χ0n) is 10.0. The minimum atomic E-state index is -0.285. The number of nitrogens with two attached hydrogens (primary N) is 2. The van der Waals surface area contributed by atoms with Crippen molar-refractivity contribution < 1.29 is 9.59 Å². The zero-order chi connectivity index (χ0) is 14.6. The second-order valence-corrected chi connectivity index (χ2v) is 6.00. The molecule has 0 saturated heterocycles. The van der Waals surface area contributed by atoms with Gasteiger partial charge in [-0.2, -0.15) is 0 Å². The lowest BCUT2D eigenvalue weighted by molar-refractivity contribution is 0.0979. The van der Waals surface area contributed by atoms with Crippen LogP contribution in [0, 0.1) is 0 Å². The number of fused-ring (bicyclic) bond motifs is 2. The molecule has 0 aromatic heterocycles. The first-order valence-corrected chi connectivity index (χ1v) is 7.28. The fourth-order valence-electron chi connectivity index (χ4n) is 2.32. The highest BCUT2D eigenvalue weighted by molar-refractivity contribution is 9.13. The number of carbonyl (C=O) groups excluding carboxylic acids is 2. The summed E-state index contributed by atoms with van der Waals surface area (Å²) in [4.78, 5) is 25.2. The summed E-state index contributed by atoms with van der Waals surface area (Å²) in [5.74, 6) is -0.526. The van der Waals surface area contributed by atoms with Crippen molar-refractivity contribution >= 4 is 54.8 Å². The van der Waals surface area contributed by atoms with Gasteiger partial charge in [0.05, 0.1) is 27.0 Å². The van der Waals surface area contributed by atoms with Gasteiger partial charge in [-0.25, -0.2) is 0 Å². The van der Waals surface area contributed by atoms with E-state index in [1.165, 1.54) is 0 Å². The van der Waals surface area contributed by atoms with Crippen molar-refractivity contribution in [3.8, 4) is 0 Å². The lowest BCUT2D eigenvalue weighted by Gasteiger charge is -2.22. The van der Waals surface area contributed by atoms with E-state index in [1.54, 1.807) is 24.3 Å². The fourth-order valence-corrected chi connectivity index (χ4v) is 3.33. The Morgan fingerprint density at radius 2 is 1.25 bits per heavy atom. The molecule has 0 heterocycles. The summed E-state index contributed by atoms with van der Waals surface area (Å²) < 4.78 is 0.932. The molecule has 0 radical (unpaired) electrons. The molecule has 0 bridgehead atoms. The van der Waals surface area contributed by atoms with Crippen LogP contribution in [0.25, 0.3) is 0 Å². The van der Waals surface area contributed by atoms with Gasteiger partial charge in [0.1, 0.15) is 0 Å². The Kier molecular flexibility index (Phi) is 2.95. The number of ketones is 2. The molecule has 20 heavy (non-hydrogen) atoms. The van der Waals surface area contributed by atoms with E-state index in [2.05, 4.69) is 31.9 Å². The van der Waals surface area contributed by atoms with Crippen LogP contribution in [0.3, 0.4) is 0 Å². The topological polar surface area (TPSA) is 86.2 Å². The third-order valence-electron chi connectivity index (χ3n) is 3.33. The van der Waals surface area contributed by atoms with Crippen LogP contribution in [-0.4, -0.2) is 11.6 Å². The quantitative estimate of drug-likeness (QED) is 0.572. The number of carbonyl (C=O) groups is 2. The molecule has 0 saturated carbocycles. The Balaban J connectivity index is 2.46. The molecule has 2 aromatic rings. The zero-order valence-corrected chi connectivity index (χ0v) is 13.2. The molecule has 2 aromatic carbocycles. The highest BCUT2D eigenvalue weighted by Gasteiger charge is 2.35. The molecular weight excluding hydrogens is 388 g/mol. The maximum atomic E-state index is 12.6. The maximum Gasteiger partial charge on any atom is 0.196 e. The number of anilines is 2. The standard InChI is InChI=1S/C14H8Br2N2O2/c15-9-7-8(11(17)12(18)10(9)16)14(20)6-4-2-1-3-5(6)13(7)19/h1-4H,17-18H2. The monoisotopic (exact) mass is 394 g/mol. The van der Waals surface area contributed by atoms with Crippen molar-refractivity contribution in [3.63, 3.8) is 0 Å². The molecule has 0 amide bonds. The Hall–Kier alpha value is -1.66. The molecule has 4 nitrogen and oxygen atoms in total. The third kappa shape index (κ3) is 1.58. The molecule has 0 unspecified atom stereocenters. The minimum Gasteiger partial charge on any atom is -0.396 e. The third-order valence-corrected chi connectivity index (χ3v) is 5.48. The molecule has 1 aliphatic carbocycles. The molecule has 0 spiro atoms. The Morgan fingerprint density at radius 1 is 0.750 bits per heavy atom. The molecule has 0 atom stereocenters. The molecule has 1 aliphatic rings. The van der Waals surface area contributed by atoms with Crippen molar-refractivity contribution in [1.82, 2.24) is 0 Å². The van der Waals surface area contributed by atoms with E-state index in [-0.39, 0.29) is 34.1 Å². The van der Waals surface area contributed by atoms with Gasteiger partial charge in [0.2, 0.25) is 0 Å². The van der Waals surface area contributed by atoms with Crippen molar-refractivity contribution in [2.45, 2.75) is 0 Å². The fraction of sp³-hybridized carbons (Fsp3) is 0. The van der Waals surface area contributed by atoms with Crippen LogP contribution in [0.1, 0.15) is 31.8 Å². The normalized spacial score (nSPS) is 13.1. The first kappa shape index (κ1) is 13.3. The summed E-state index contributed by atoms with van der Waals surface area (Å²) in [7, 11) is 0. The van der Waals surface area contributed by atoms with E-state index in [0.717, 1.165) is 0 Å². The molecule has 100 valence electrons. The van der Waals surface area contributed by atoms with Crippen LogP contribution in [0.15, 0.2) is 33.2 Å². The van der Waals surface area contributed by atoms with Crippen molar-refractivity contribution in [2.75, 3.05) is 11.5 Å². The summed E-state index contributed by atoms with van der Waals surface area (Å²) in [5.41, 5.74) is 13.3. The van der Waals surface area contributed by atoms with Crippen molar-refractivity contribution in [2.24, 2.45) is 0 Å². The smallest absolute Gasteiger partial charge is 0.196 e. The van der Waals surface area contributed by atoms with Gasteiger partial charge in [0.25, 0.3) is 0 Å². The number of hydrogen-bond acceptors (Lipinski definition) is 4. The predicted molar refractivity (Wildman–Crippen MR) is 84.0 cm³/mol. The lowest BCUT2D eigenvalue weighted by atomic mass is 9.83. The second-order valence-electron chi connectivity index (χ2n) is 4.41. The van der Waals surface area contributed by atoms with E-state index in [1.807, 2.05) is 0 Å². The Labute approximate surface area is 131 Å². The largest absolute Gasteiger partial charge is 0.396 e. The van der Waals surface area contributed by atoms with Gasteiger partial charge >= 0.3 is 0 Å². The Morgan fingerprint density at radius 3 is 1.80 bits per heavy atom. The summed E-state index contributed by atoms with van der Waals surface area (Å²) in [6.45, 7) is 0. The lowest BCUT2D eigenvalue weighted by Crippen LogP contribution is -2.23. The molecule has 6 heteroatoms. The van der Waals surface area contributed by atoms with Crippen molar-refractivity contribution in [1.29, 1.82) is 0 Å². The Bertz CT molecular complexity index is 734. The number of halogens is 2. The van der Waals surface area contributed by atoms with Crippen LogP contribution < -0.4 is 11.5 Å². The number of hydrogen-bond donors (Lipinski definition) is 2. The number of nitrogen functional groups attached to an aromatic ring is 2. The van der Waals surface area contributed by atoms with Crippen LogP contribution in [0.2, 0.25) is 0 Å². The van der Waals surface area contributed by atoms with Crippen LogP contribution in [0.4, 0.5) is 11.4 Å². The number of rotatable bonds is 0. The summed E-state index contributed by atoms with van der Waals surface area (Å²) in [6.07, 6.45) is 0. The number of benzene rings is 2. The van der Waals surface area contributed by atoms with Gasteiger partial charge < -0.3 is 11.5 Å². The van der Waals surface area contributed by atoms with Crippen LogP contribution >= 0.6 is 31.9 Å². The van der Waals surface area contributed by atoms with Crippen LogP contribution in [0.5, 0.6) is 0 Å². The van der Waals surface area contributed by atoms with Crippen LogP contribution in [-0.2, 0) is 0 Å². The molecule has 0 aliphatic heterocycles. The average Bonchev–Trinajstić information content (AvgIpc) is 2.46. The SMILES string of the molecule is Nc1c(N)c2c(c(Br)c1Br)C(=O)c1ccccc1C2=O. The molecular formula is C14H8Br2N2O2. The van der Waals surface area contributed by atoms with Gasteiger partial charge in [-0.05, 0) is 31.9 Å². The average molecular weight is 396 g/mol. The van der Waals surface area contributed by atoms with Gasteiger partial charge in [0, 0.05) is 15.6 Å². The van der Waals surface area contributed by atoms with Gasteiger partial charge in [0.15, 0.2) is 11.6 Å². The summed E-state index contributed by atoms with van der Waals surface area (Å²) in [6, 6.07) is 6.68. The first-order valence-electron chi connectivity index (χ1n) is 5.69. The second kappa shape index (κ2) is 4.43. The van der Waals surface area contributed by atoms with Gasteiger partial charge in [-0.3, -0.25) is 9.59 Å². The van der Waals surface area contributed by atoms with E-state index in [9.17, 15) is 9.59 Å². The predicted octanol–water partition coefficient (Wildman–Crippen LogP) is 3.15. The molecule has 4 N–H and O–H groups in total. The van der Waals surface area contributed by atoms with E-state index in [0.29, 0.717) is 20.1 Å². The highest BCUT2D eigenvalue weighted by Crippen LogP contribution is 2.43. The van der Waals surface area contributed by atoms with Gasteiger partial charge in [-0.1, -0.05) is 24.3 Å².